The largest absolute Gasteiger partial charge is 0.398 e. The molecular weight excluding hydrogens is 238 g/mol. The Labute approximate surface area is 112 Å². The molecule has 0 bridgehead atoms. The first-order chi connectivity index (χ1) is 9.13. The summed E-state index contributed by atoms with van der Waals surface area (Å²) in [6.45, 7) is 2.83. The number of carbonyl (C=O) groups is 1. The highest BCUT2D eigenvalue weighted by atomic mass is 16.1. The molecule has 0 radical (unpaired) electrons. The number of carbonyl (C=O) groups excluding carboxylic acids is 1. The molecule has 0 aliphatic rings. The van der Waals surface area contributed by atoms with Crippen molar-refractivity contribution in [2.45, 2.75) is 6.92 Å². The Kier molecular flexibility index (Phi) is 3.71. The van der Waals surface area contributed by atoms with E-state index >= 15 is 0 Å². The normalized spacial score (nSPS) is 10.2. The van der Waals surface area contributed by atoms with E-state index in [9.17, 15) is 4.79 Å². The second kappa shape index (κ2) is 5.44. The van der Waals surface area contributed by atoms with Crippen LogP contribution in [-0.4, -0.2) is 12.5 Å². The van der Waals surface area contributed by atoms with Gasteiger partial charge in [-0.1, -0.05) is 18.2 Å². The second-order valence-electron chi connectivity index (χ2n) is 4.22. The monoisotopic (exact) mass is 255 g/mol. The molecule has 98 valence electrons. The van der Waals surface area contributed by atoms with Gasteiger partial charge in [-0.25, -0.2) is 0 Å². The number of hydrogen-bond donors (Lipinski definition) is 2. The maximum Gasteiger partial charge on any atom is 0.250 e. The van der Waals surface area contributed by atoms with Gasteiger partial charge in [-0.15, -0.1) is 0 Å². The first kappa shape index (κ1) is 13.0. The average molecular weight is 255 g/mol. The van der Waals surface area contributed by atoms with Crippen LogP contribution in [0.25, 0.3) is 0 Å². The molecule has 0 spiro atoms. The highest BCUT2D eigenvalue weighted by molar-refractivity contribution is 5.99. The Hall–Kier alpha value is -2.49. The lowest BCUT2D eigenvalue weighted by Crippen LogP contribution is -2.18. The average Bonchev–Trinajstić information content (AvgIpc) is 2.42. The summed E-state index contributed by atoms with van der Waals surface area (Å²) < 4.78 is 0. The van der Waals surface area contributed by atoms with Gasteiger partial charge in [-0.3, -0.25) is 4.79 Å². The number of nitrogens with two attached hydrogens (primary N) is 2. The van der Waals surface area contributed by atoms with Gasteiger partial charge in [0.25, 0.3) is 5.91 Å². The van der Waals surface area contributed by atoms with Gasteiger partial charge >= 0.3 is 0 Å². The number of primary amides is 1. The van der Waals surface area contributed by atoms with Gasteiger partial charge < -0.3 is 16.4 Å². The third-order valence-electron chi connectivity index (χ3n) is 3.00. The predicted octanol–water partition coefficient (Wildman–Crippen LogP) is 2.53. The fourth-order valence-corrected chi connectivity index (χ4v) is 2.05. The molecule has 19 heavy (non-hydrogen) atoms. The van der Waals surface area contributed by atoms with E-state index in [4.69, 9.17) is 11.5 Å². The van der Waals surface area contributed by atoms with E-state index in [2.05, 4.69) is 4.90 Å². The van der Waals surface area contributed by atoms with Gasteiger partial charge in [-0.2, -0.15) is 0 Å². The molecule has 2 aromatic carbocycles. The van der Waals surface area contributed by atoms with Gasteiger partial charge in [0.1, 0.15) is 0 Å². The third-order valence-corrected chi connectivity index (χ3v) is 3.00. The maximum absolute atomic E-state index is 11.3. The van der Waals surface area contributed by atoms with Crippen molar-refractivity contribution in [3.8, 4) is 0 Å². The second-order valence-corrected chi connectivity index (χ2v) is 4.22. The zero-order valence-electron chi connectivity index (χ0n) is 10.8. The van der Waals surface area contributed by atoms with Crippen LogP contribution in [0.5, 0.6) is 0 Å². The lowest BCUT2D eigenvalue weighted by molar-refractivity contribution is 0.100. The molecule has 0 heterocycles. The van der Waals surface area contributed by atoms with Gasteiger partial charge in [0.05, 0.1) is 5.56 Å². The molecule has 0 saturated heterocycles. The predicted molar refractivity (Wildman–Crippen MR) is 78.5 cm³/mol. The molecule has 4 N–H and O–H groups in total. The Morgan fingerprint density at radius 1 is 1.11 bits per heavy atom. The molecule has 1 amide bonds. The van der Waals surface area contributed by atoms with Gasteiger partial charge in [-0.05, 0) is 37.3 Å². The maximum atomic E-state index is 11.3. The van der Waals surface area contributed by atoms with Crippen LogP contribution in [-0.2, 0) is 0 Å². The first-order valence-corrected chi connectivity index (χ1v) is 6.15. The van der Waals surface area contributed by atoms with Crippen LogP contribution < -0.4 is 16.4 Å². The van der Waals surface area contributed by atoms with Crippen molar-refractivity contribution in [2.24, 2.45) is 5.73 Å². The Morgan fingerprint density at radius 3 is 2.37 bits per heavy atom. The van der Waals surface area contributed by atoms with Crippen LogP contribution in [0.1, 0.15) is 17.3 Å². The summed E-state index contributed by atoms with van der Waals surface area (Å²) in [5.74, 6) is -0.511. The van der Waals surface area contributed by atoms with Gasteiger partial charge in [0.15, 0.2) is 0 Å². The van der Waals surface area contributed by atoms with E-state index in [0.29, 0.717) is 11.3 Å². The highest BCUT2D eigenvalue weighted by Crippen LogP contribution is 2.27. The number of benzene rings is 2. The Balaban J connectivity index is 2.45. The van der Waals surface area contributed by atoms with Crippen LogP contribution in [0.3, 0.4) is 0 Å². The fraction of sp³-hybridized carbons (Fsp3) is 0.133. The van der Waals surface area contributed by atoms with E-state index in [1.807, 2.05) is 43.3 Å². The SMILES string of the molecule is CCN(c1ccccc1)c1ccc(N)c(C(N)=O)c1. The summed E-state index contributed by atoms with van der Waals surface area (Å²) in [5.41, 5.74) is 13.8. The van der Waals surface area contributed by atoms with Crippen molar-refractivity contribution in [3.05, 3.63) is 54.1 Å². The van der Waals surface area contributed by atoms with Gasteiger partial charge in [0.2, 0.25) is 0 Å². The zero-order valence-corrected chi connectivity index (χ0v) is 10.8. The van der Waals surface area contributed by atoms with Crippen molar-refractivity contribution in [3.63, 3.8) is 0 Å². The number of anilines is 3. The summed E-state index contributed by atoms with van der Waals surface area (Å²) in [6, 6.07) is 15.3. The molecule has 4 heteroatoms. The number of para-hydroxylation sites is 1. The molecular formula is C15H17N3O. The molecule has 0 unspecified atom stereocenters. The minimum atomic E-state index is -0.511. The van der Waals surface area contributed by atoms with Crippen molar-refractivity contribution in [1.29, 1.82) is 0 Å². The smallest absolute Gasteiger partial charge is 0.250 e. The van der Waals surface area contributed by atoms with Crippen molar-refractivity contribution in [1.82, 2.24) is 0 Å². The minimum Gasteiger partial charge on any atom is -0.398 e. The summed E-state index contributed by atoms with van der Waals surface area (Å²) in [5, 5.41) is 0. The quantitative estimate of drug-likeness (QED) is 0.824. The number of nitrogen functional groups attached to an aromatic ring is 1. The number of rotatable bonds is 4. The van der Waals surface area contributed by atoms with E-state index in [1.54, 1.807) is 12.1 Å². The molecule has 4 nitrogen and oxygen atoms in total. The Morgan fingerprint density at radius 2 is 1.79 bits per heavy atom. The third kappa shape index (κ3) is 2.68. The number of hydrogen-bond acceptors (Lipinski definition) is 3. The zero-order chi connectivity index (χ0) is 13.8. The summed E-state index contributed by atoms with van der Waals surface area (Å²) in [7, 11) is 0. The van der Waals surface area contributed by atoms with Crippen LogP contribution in [0.4, 0.5) is 17.1 Å². The molecule has 0 saturated carbocycles. The van der Waals surface area contributed by atoms with Crippen LogP contribution in [0.15, 0.2) is 48.5 Å². The van der Waals surface area contributed by atoms with E-state index in [0.717, 1.165) is 17.9 Å². The molecule has 0 aliphatic heterocycles. The van der Waals surface area contributed by atoms with Crippen molar-refractivity contribution >= 4 is 23.0 Å². The van der Waals surface area contributed by atoms with E-state index in [1.165, 1.54) is 0 Å². The lowest BCUT2D eigenvalue weighted by Gasteiger charge is -2.24. The van der Waals surface area contributed by atoms with Crippen LogP contribution in [0, 0.1) is 0 Å². The van der Waals surface area contributed by atoms with Gasteiger partial charge in [0, 0.05) is 23.6 Å². The van der Waals surface area contributed by atoms with E-state index < -0.39 is 5.91 Å². The molecule has 2 rings (SSSR count). The standard InChI is InChI=1S/C15H17N3O/c1-2-18(11-6-4-3-5-7-11)12-8-9-14(16)13(10-12)15(17)19/h3-10H,2,16H2,1H3,(H2,17,19). The molecule has 0 aromatic heterocycles. The highest BCUT2D eigenvalue weighted by Gasteiger charge is 2.11. The topological polar surface area (TPSA) is 72.3 Å². The van der Waals surface area contributed by atoms with Crippen molar-refractivity contribution in [2.75, 3.05) is 17.2 Å². The summed E-state index contributed by atoms with van der Waals surface area (Å²) in [4.78, 5) is 13.4. The lowest BCUT2D eigenvalue weighted by atomic mass is 10.1. The van der Waals surface area contributed by atoms with Crippen LogP contribution in [0.2, 0.25) is 0 Å². The first-order valence-electron chi connectivity index (χ1n) is 6.15. The molecule has 0 atom stereocenters. The fourth-order valence-electron chi connectivity index (χ4n) is 2.05. The summed E-state index contributed by atoms with van der Waals surface area (Å²) >= 11 is 0. The minimum absolute atomic E-state index is 0.354. The molecule has 0 aliphatic carbocycles. The summed E-state index contributed by atoms with van der Waals surface area (Å²) in [6.07, 6.45) is 0. The number of amides is 1. The molecule has 0 fully saturated rings. The van der Waals surface area contributed by atoms with E-state index in [-0.39, 0.29) is 0 Å². The number of nitrogens with zero attached hydrogens (tertiary/aromatic N) is 1. The van der Waals surface area contributed by atoms with Crippen LogP contribution >= 0.6 is 0 Å². The van der Waals surface area contributed by atoms with Crippen molar-refractivity contribution < 1.29 is 4.79 Å². The molecule has 2 aromatic rings. The Bertz CT molecular complexity index is 581.